The molecule has 0 spiro atoms. The van der Waals surface area contributed by atoms with E-state index >= 15 is 0 Å². The molecule has 1 fully saturated rings. The Morgan fingerprint density at radius 3 is 2.67 bits per heavy atom. The largest absolute Gasteiger partial charge is 0.379 e. The van der Waals surface area contributed by atoms with Crippen LogP contribution in [0.1, 0.15) is 22.6 Å². The van der Waals surface area contributed by atoms with Crippen LogP contribution in [-0.4, -0.2) is 37.7 Å². The molecule has 2 rings (SSSR count). The molecule has 1 aromatic carbocycles. The smallest absolute Gasteiger partial charge is 0.0842 e. The van der Waals surface area contributed by atoms with Crippen molar-refractivity contribution < 1.29 is 4.74 Å². The number of ether oxygens (including phenoxy) is 1. The molecule has 1 atom stereocenters. The normalized spacial score (nSPS) is 18.3. The molecule has 1 aromatic rings. The van der Waals surface area contributed by atoms with Gasteiger partial charge in [0.2, 0.25) is 0 Å². The van der Waals surface area contributed by atoms with Crippen molar-refractivity contribution in [1.82, 2.24) is 4.90 Å². The van der Waals surface area contributed by atoms with Crippen molar-refractivity contribution in [3.8, 4) is 6.07 Å². The van der Waals surface area contributed by atoms with E-state index in [-0.39, 0.29) is 5.92 Å². The van der Waals surface area contributed by atoms with E-state index in [1.54, 1.807) is 0 Å². The summed E-state index contributed by atoms with van der Waals surface area (Å²) in [5.74, 6) is -0.0382. The molecule has 3 heteroatoms. The highest BCUT2D eigenvalue weighted by Gasteiger charge is 2.19. The summed E-state index contributed by atoms with van der Waals surface area (Å²) in [6, 6.07) is 8.78. The zero-order valence-corrected chi connectivity index (χ0v) is 11.1. The van der Waals surface area contributed by atoms with Gasteiger partial charge in [-0.05, 0) is 25.0 Å². The molecule has 0 bridgehead atoms. The molecule has 0 saturated carbocycles. The summed E-state index contributed by atoms with van der Waals surface area (Å²) < 4.78 is 5.34. The van der Waals surface area contributed by atoms with Crippen LogP contribution in [-0.2, 0) is 4.74 Å². The minimum atomic E-state index is -0.0382. The van der Waals surface area contributed by atoms with E-state index in [9.17, 15) is 5.26 Å². The van der Waals surface area contributed by atoms with Crippen LogP contribution in [0.4, 0.5) is 0 Å². The molecule has 0 radical (unpaired) electrons. The Morgan fingerprint density at radius 2 is 2.06 bits per heavy atom. The Morgan fingerprint density at radius 1 is 1.33 bits per heavy atom. The minimum absolute atomic E-state index is 0.0382. The molecule has 0 N–H and O–H groups in total. The van der Waals surface area contributed by atoms with Crippen LogP contribution in [0.25, 0.3) is 0 Å². The lowest BCUT2D eigenvalue weighted by Crippen LogP contribution is -2.38. The lowest BCUT2D eigenvalue weighted by Gasteiger charge is -2.28. The second kappa shape index (κ2) is 5.99. The van der Waals surface area contributed by atoms with Crippen molar-refractivity contribution in [3.63, 3.8) is 0 Å². The third kappa shape index (κ3) is 3.10. The van der Waals surface area contributed by atoms with Crippen molar-refractivity contribution in [2.75, 3.05) is 32.8 Å². The van der Waals surface area contributed by atoms with Gasteiger partial charge in [0.15, 0.2) is 0 Å². The van der Waals surface area contributed by atoms with Crippen LogP contribution >= 0.6 is 0 Å². The first-order valence-electron chi connectivity index (χ1n) is 6.47. The molecule has 1 aliphatic heterocycles. The maximum absolute atomic E-state index is 9.40. The van der Waals surface area contributed by atoms with Gasteiger partial charge in [0.1, 0.15) is 0 Å². The van der Waals surface area contributed by atoms with Gasteiger partial charge in [-0.25, -0.2) is 0 Å². The third-order valence-electron chi connectivity index (χ3n) is 3.50. The van der Waals surface area contributed by atoms with E-state index in [4.69, 9.17) is 4.74 Å². The zero-order chi connectivity index (χ0) is 13.0. The Balaban J connectivity index is 2.10. The van der Waals surface area contributed by atoms with Crippen LogP contribution < -0.4 is 0 Å². The quantitative estimate of drug-likeness (QED) is 0.818. The second-order valence-electron chi connectivity index (χ2n) is 4.95. The van der Waals surface area contributed by atoms with Gasteiger partial charge in [-0.2, -0.15) is 5.26 Å². The van der Waals surface area contributed by atoms with E-state index in [1.807, 2.05) is 0 Å². The SMILES string of the molecule is Cc1ccc(C(C#N)CN2CCOCC2)c(C)c1. The van der Waals surface area contributed by atoms with Crippen LogP contribution in [0, 0.1) is 25.2 Å². The fourth-order valence-electron chi connectivity index (χ4n) is 2.47. The second-order valence-corrected chi connectivity index (χ2v) is 4.95. The first kappa shape index (κ1) is 13.1. The van der Waals surface area contributed by atoms with Gasteiger partial charge in [0.05, 0.1) is 25.2 Å². The standard InChI is InChI=1S/C15H20N2O/c1-12-3-4-15(13(2)9-12)14(10-16)11-17-5-7-18-8-6-17/h3-4,9,14H,5-8,11H2,1-2H3. The summed E-state index contributed by atoms with van der Waals surface area (Å²) in [7, 11) is 0. The summed E-state index contributed by atoms with van der Waals surface area (Å²) in [6.45, 7) is 8.41. The van der Waals surface area contributed by atoms with Crippen molar-refractivity contribution in [2.24, 2.45) is 0 Å². The van der Waals surface area contributed by atoms with Crippen molar-refractivity contribution >= 4 is 0 Å². The predicted octanol–water partition coefficient (Wildman–Crippen LogP) is 2.24. The van der Waals surface area contributed by atoms with Gasteiger partial charge < -0.3 is 4.74 Å². The molecule has 0 amide bonds. The van der Waals surface area contributed by atoms with Gasteiger partial charge in [0, 0.05) is 19.6 Å². The monoisotopic (exact) mass is 244 g/mol. The maximum atomic E-state index is 9.40. The number of nitriles is 1. The first-order valence-corrected chi connectivity index (χ1v) is 6.47. The number of aryl methyl sites for hydroxylation is 2. The molecule has 1 aliphatic rings. The van der Waals surface area contributed by atoms with Crippen LogP contribution in [0.5, 0.6) is 0 Å². The molecular weight excluding hydrogens is 224 g/mol. The van der Waals surface area contributed by atoms with Gasteiger partial charge in [-0.3, -0.25) is 4.90 Å². The molecule has 1 heterocycles. The number of morpholine rings is 1. The Hall–Kier alpha value is -1.37. The number of nitrogens with zero attached hydrogens (tertiary/aromatic N) is 2. The average Bonchev–Trinajstić information content (AvgIpc) is 2.38. The topological polar surface area (TPSA) is 36.3 Å². The highest BCUT2D eigenvalue weighted by molar-refractivity contribution is 5.36. The third-order valence-corrected chi connectivity index (χ3v) is 3.50. The molecule has 96 valence electrons. The van der Waals surface area contributed by atoms with E-state index in [1.165, 1.54) is 11.1 Å². The molecule has 1 saturated heterocycles. The summed E-state index contributed by atoms with van der Waals surface area (Å²) in [6.07, 6.45) is 0. The lowest BCUT2D eigenvalue weighted by atomic mass is 9.94. The molecule has 0 aliphatic carbocycles. The van der Waals surface area contributed by atoms with Gasteiger partial charge in [-0.15, -0.1) is 0 Å². The average molecular weight is 244 g/mol. The summed E-state index contributed by atoms with van der Waals surface area (Å²) in [4.78, 5) is 2.32. The van der Waals surface area contributed by atoms with Crippen LogP contribution in [0.15, 0.2) is 18.2 Å². The fourth-order valence-corrected chi connectivity index (χ4v) is 2.47. The van der Waals surface area contributed by atoms with Gasteiger partial charge in [-0.1, -0.05) is 23.8 Å². The molecule has 1 unspecified atom stereocenters. The predicted molar refractivity (Wildman–Crippen MR) is 71.5 cm³/mol. The number of hydrogen-bond donors (Lipinski definition) is 0. The van der Waals surface area contributed by atoms with E-state index in [0.717, 1.165) is 38.4 Å². The van der Waals surface area contributed by atoms with Crippen LogP contribution in [0.2, 0.25) is 0 Å². The Bertz CT molecular complexity index is 444. The molecule has 3 nitrogen and oxygen atoms in total. The maximum Gasteiger partial charge on any atom is 0.0842 e. The van der Waals surface area contributed by atoms with Crippen LogP contribution in [0.3, 0.4) is 0 Å². The van der Waals surface area contributed by atoms with E-state index in [2.05, 4.69) is 43.0 Å². The zero-order valence-electron chi connectivity index (χ0n) is 11.1. The van der Waals surface area contributed by atoms with Gasteiger partial charge >= 0.3 is 0 Å². The Kier molecular flexibility index (Phi) is 4.35. The highest BCUT2D eigenvalue weighted by atomic mass is 16.5. The number of rotatable bonds is 3. The number of benzene rings is 1. The van der Waals surface area contributed by atoms with E-state index in [0.29, 0.717) is 0 Å². The van der Waals surface area contributed by atoms with Crippen molar-refractivity contribution in [1.29, 1.82) is 5.26 Å². The molecular formula is C15H20N2O. The van der Waals surface area contributed by atoms with Crippen molar-refractivity contribution in [3.05, 3.63) is 34.9 Å². The van der Waals surface area contributed by atoms with E-state index < -0.39 is 0 Å². The first-order chi connectivity index (χ1) is 8.70. The number of hydrogen-bond acceptors (Lipinski definition) is 3. The minimum Gasteiger partial charge on any atom is -0.379 e. The fraction of sp³-hybridized carbons (Fsp3) is 0.533. The molecule has 0 aromatic heterocycles. The van der Waals surface area contributed by atoms with Crippen molar-refractivity contribution in [2.45, 2.75) is 19.8 Å². The van der Waals surface area contributed by atoms with Gasteiger partial charge in [0.25, 0.3) is 0 Å². The summed E-state index contributed by atoms with van der Waals surface area (Å²) in [5, 5.41) is 9.40. The summed E-state index contributed by atoms with van der Waals surface area (Å²) >= 11 is 0. The lowest BCUT2D eigenvalue weighted by molar-refractivity contribution is 0.0370. The highest BCUT2D eigenvalue weighted by Crippen LogP contribution is 2.22. The summed E-state index contributed by atoms with van der Waals surface area (Å²) in [5.41, 5.74) is 3.63. The Labute approximate surface area is 109 Å². The molecule has 18 heavy (non-hydrogen) atoms.